The van der Waals surface area contributed by atoms with Crippen LogP contribution in [0.4, 0.5) is 17.1 Å². The minimum Gasteiger partial charge on any atom is -0.355 e. The fraction of sp³-hybridized carbons (Fsp3) is 0.0364. The van der Waals surface area contributed by atoms with Crippen LogP contribution in [0.3, 0.4) is 0 Å². The molecule has 0 unspecified atom stereocenters. The first-order chi connectivity index (χ1) is 30.9. The van der Waals surface area contributed by atoms with Crippen LogP contribution in [0.25, 0.3) is 49.9 Å². The fourth-order valence-corrected chi connectivity index (χ4v) is 13.8. The third-order valence-corrected chi connectivity index (χ3v) is 16.5. The first kappa shape index (κ1) is 35.0. The van der Waals surface area contributed by atoms with E-state index in [-0.39, 0.29) is 27.7 Å². The first-order valence-corrected chi connectivity index (χ1v) is 22.2. The number of aromatic nitrogens is 2. The summed E-state index contributed by atoms with van der Waals surface area (Å²) in [7, 11) is -3.22. The summed E-state index contributed by atoms with van der Waals surface area (Å²) in [6.07, 6.45) is 1.91. The van der Waals surface area contributed by atoms with E-state index in [9.17, 15) is 0 Å². The van der Waals surface area contributed by atoms with E-state index in [4.69, 9.17) is 9.10 Å². The van der Waals surface area contributed by atoms with Crippen LogP contribution in [-0.4, -0.2) is 31.3 Å². The Bertz CT molecular complexity index is 3250. The minimum absolute atomic E-state index is 0. The average molecular weight is 983 g/mol. The molecule has 2 aromatic heterocycles. The van der Waals surface area contributed by atoms with E-state index in [0.717, 1.165) is 71.6 Å². The van der Waals surface area contributed by atoms with Crippen molar-refractivity contribution in [1.29, 1.82) is 0 Å². The van der Waals surface area contributed by atoms with Crippen LogP contribution >= 0.6 is 0 Å². The van der Waals surface area contributed by atoms with E-state index >= 15 is 0 Å². The van der Waals surface area contributed by atoms with Gasteiger partial charge in [0, 0.05) is 22.8 Å². The Kier molecular flexibility index (Phi) is 9.19. The Morgan fingerprint density at radius 1 is 0.541 bits per heavy atom. The second kappa shape index (κ2) is 16.0. The first-order valence-electron chi connectivity index (χ1n) is 21.7. The number of anilines is 3. The molecule has 8 aromatic carbocycles. The Morgan fingerprint density at radius 3 is 1.90 bits per heavy atom. The molecule has 0 N–H and O–H groups in total. The standard InChI is InChI=1S/C55H40N4Si.Pt/c1-57-39-58(53-31-16-15-30-52(53)57)42-20-17-25-45(37-42)60(43-21-7-3-8-22-43,44-23-9-4-10-24-44)46-32-33-50-49-28-13-14-29-51(49)59(54(50)38-46)55-36-41(34-35-56-55)48-27-12-11-26-47(48)40-18-5-2-6-19-40;/h2-36H,39H2,1H3;/q-2;+2/i1D3;. The van der Waals surface area contributed by atoms with Crippen molar-refractivity contribution < 1.29 is 25.2 Å². The number of hydrogen-bond donors (Lipinski definition) is 0. The molecule has 61 heavy (non-hydrogen) atoms. The van der Waals surface area contributed by atoms with Crippen LogP contribution in [0.15, 0.2) is 212 Å². The molecule has 0 bridgehead atoms. The predicted octanol–water partition coefficient (Wildman–Crippen LogP) is 10.0. The summed E-state index contributed by atoms with van der Waals surface area (Å²) in [5.41, 5.74) is 8.85. The van der Waals surface area contributed by atoms with Crippen molar-refractivity contribution in [1.82, 2.24) is 9.55 Å². The summed E-state index contributed by atoms with van der Waals surface area (Å²) in [6.45, 7) is -2.13. The van der Waals surface area contributed by atoms with Gasteiger partial charge in [-0.1, -0.05) is 157 Å². The molecule has 1 aliphatic rings. The SMILES string of the molecule is [2H]C([2H])([2H])N1CN(c2[c-]c([Si](c3[c-]c4c(cc3)c3ccccc3n4-c3cc(-c4ccccc4-c4ccccc4)ccn3)(c3ccccc3)c3ccccc3)ccc2)c2ccccc21.[Pt+2]. The maximum absolute atomic E-state index is 8.40. The molecule has 0 atom stereocenters. The number of fused-ring (bicyclic) bond motifs is 4. The van der Waals surface area contributed by atoms with Gasteiger partial charge in [-0.05, 0) is 68.3 Å². The number of para-hydroxylation sites is 3. The van der Waals surface area contributed by atoms with E-state index in [1.165, 1.54) is 15.3 Å². The van der Waals surface area contributed by atoms with Gasteiger partial charge in [-0.3, -0.25) is 0 Å². The van der Waals surface area contributed by atoms with Crippen molar-refractivity contribution in [3.8, 4) is 28.1 Å². The normalized spacial score (nSPS) is 13.3. The van der Waals surface area contributed by atoms with Gasteiger partial charge in [0.15, 0.2) is 0 Å². The van der Waals surface area contributed by atoms with Crippen LogP contribution in [0.5, 0.6) is 0 Å². The monoisotopic (exact) mass is 982 g/mol. The maximum atomic E-state index is 8.40. The van der Waals surface area contributed by atoms with Gasteiger partial charge in [0.05, 0.1) is 18.0 Å². The molecule has 3 heterocycles. The second-order valence-electron chi connectivity index (χ2n) is 15.2. The van der Waals surface area contributed by atoms with Gasteiger partial charge in [0.1, 0.15) is 13.9 Å². The Hall–Kier alpha value is -6.78. The van der Waals surface area contributed by atoms with Crippen LogP contribution in [0, 0.1) is 12.1 Å². The van der Waals surface area contributed by atoms with E-state index in [2.05, 4.69) is 191 Å². The molecule has 6 heteroatoms. The molecule has 0 saturated heterocycles. The molecule has 4 nitrogen and oxygen atoms in total. The van der Waals surface area contributed by atoms with Gasteiger partial charge in [0.25, 0.3) is 0 Å². The topological polar surface area (TPSA) is 24.3 Å². The van der Waals surface area contributed by atoms with Crippen LogP contribution in [0.1, 0.15) is 4.11 Å². The zero-order chi connectivity index (χ0) is 42.5. The number of nitrogens with zero attached hydrogens (tertiary/aromatic N) is 4. The molecule has 0 aliphatic carbocycles. The molecule has 1 aliphatic heterocycles. The predicted molar refractivity (Wildman–Crippen MR) is 253 cm³/mol. The molecule has 10 aromatic rings. The van der Waals surface area contributed by atoms with Crippen LogP contribution in [0.2, 0.25) is 0 Å². The average Bonchev–Trinajstić information content (AvgIpc) is 3.90. The third kappa shape index (κ3) is 6.44. The molecule has 11 rings (SSSR count). The molecule has 0 fully saturated rings. The van der Waals surface area contributed by atoms with Crippen molar-refractivity contribution in [2.75, 3.05) is 23.4 Å². The van der Waals surface area contributed by atoms with Gasteiger partial charge < -0.3 is 14.4 Å². The van der Waals surface area contributed by atoms with Gasteiger partial charge in [-0.2, -0.15) is 46.8 Å². The number of rotatable bonds is 8. The second-order valence-corrected chi connectivity index (χ2v) is 19.0. The van der Waals surface area contributed by atoms with Crippen LogP contribution < -0.4 is 30.5 Å². The quantitative estimate of drug-likeness (QED) is 0.0862. The Balaban J connectivity index is 0.00000484. The van der Waals surface area contributed by atoms with Gasteiger partial charge >= 0.3 is 21.1 Å². The van der Waals surface area contributed by atoms with Crippen molar-refractivity contribution >= 4 is 67.7 Å². The van der Waals surface area contributed by atoms with E-state index in [1.54, 1.807) is 0 Å². The molecule has 0 radical (unpaired) electrons. The Morgan fingerprint density at radius 2 is 1.16 bits per heavy atom. The summed E-state index contributed by atoms with van der Waals surface area (Å²) in [6, 6.07) is 80.1. The number of hydrogen-bond acceptors (Lipinski definition) is 3. The molecule has 0 saturated carbocycles. The van der Waals surface area contributed by atoms with E-state index < -0.39 is 15.0 Å². The van der Waals surface area contributed by atoms with Crippen LogP contribution in [-0.2, 0) is 21.1 Å². The van der Waals surface area contributed by atoms with Crippen molar-refractivity contribution in [2.24, 2.45) is 0 Å². The van der Waals surface area contributed by atoms with E-state index in [1.807, 2.05) is 42.6 Å². The summed E-state index contributed by atoms with van der Waals surface area (Å²) < 4.78 is 27.5. The molecular formula is C55H40N4PtSi. The summed E-state index contributed by atoms with van der Waals surface area (Å²) >= 11 is 0. The smallest absolute Gasteiger partial charge is 0.355 e. The molecule has 0 spiro atoms. The molecule has 294 valence electrons. The van der Waals surface area contributed by atoms with Gasteiger partial charge in [-0.25, -0.2) is 4.98 Å². The maximum Gasteiger partial charge on any atom is 2.00 e. The zero-order valence-electron chi connectivity index (χ0n) is 36.0. The van der Waals surface area contributed by atoms with Crippen molar-refractivity contribution in [3.05, 3.63) is 225 Å². The zero-order valence-corrected chi connectivity index (χ0v) is 36.3. The summed E-state index contributed by atoms with van der Waals surface area (Å²) in [5, 5.41) is 6.70. The third-order valence-electron chi connectivity index (χ3n) is 11.9. The largest absolute Gasteiger partial charge is 2.00 e. The summed E-state index contributed by atoms with van der Waals surface area (Å²) in [4.78, 5) is 8.63. The number of benzene rings is 8. The molecule has 0 amide bonds. The molecular weight excluding hydrogens is 940 g/mol. The minimum atomic E-state index is -3.22. The van der Waals surface area contributed by atoms with Crippen molar-refractivity contribution in [3.63, 3.8) is 0 Å². The van der Waals surface area contributed by atoms with Crippen molar-refractivity contribution in [2.45, 2.75) is 0 Å². The van der Waals surface area contributed by atoms with E-state index in [0.29, 0.717) is 5.69 Å². The summed E-state index contributed by atoms with van der Waals surface area (Å²) in [5.74, 6) is 0.807. The van der Waals surface area contributed by atoms with Gasteiger partial charge in [-0.15, -0.1) is 11.5 Å². The van der Waals surface area contributed by atoms with Gasteiger partial charge in [0.2, 0.25) is 0 Å². The number of pyridine rings is 1. The Labute approximate surface area is 376 Å². The fourth-order valence-electron chi connectivity index (χ4n) is 9.23.